The molecule has 0 fully saturated rings. The fourth-order valence-electron chi connectivity index (χ4n) is 1.43. The van der Waals surface area contributed by atoms with Crippen molar-refractivity contribution in [1.29, 1.82) is 0 Å². The second-order valence-corrected chi connectivity index (χ2v) is 3.28. The number of benzene rings is 1. The molecule has 0 radical (unpaired) electrons. The van der Waals surface area contributed by atoms with Gasteiger partial charge in [0.1, 0.15) is 6.61 Å². The minimum Gasteiger partial charge on any atom is -0.457 e. The minimum absolute atomic E-state index is 0.248. The Morgan fingerprint density at radius 1 is 1.53 bits per heavy atom. The molecule has 0 unspecified atom stereocenters. The van der Waals surface area contributed by atoms with Gasteiger partial charge in [-0.3, -0.25) is 0 Å². The second kappa shape index (κ2) is 4.16. The summed E-state index contributed by atoms with van der Waals surface area (Å²) in [6.07, 6.45) is 0. The maximum atomic E-state index is 11.3. The van der Waals surface area contributed by atoms with E-state index in [0.717, 1.165) is 11.1 Å². The Balaban J connectivity index is 2.27. The first kappa shape index (κ1) is 9.75. The van der Waals surface area contributed by atoms with Crippen molar-refractivity contribution in [2.45, 2.75) is 6.61 Å². The van der Waals surface area contributed by atoms with Crippen LogP contribution in [0.3, 0.4) is 0 Å². The van der Waals surface area contributed by atoms with Gasteiger partial charge in [0.25, 0.3) is 0 Å². The minimum atomic E-state index is -0.248. The van der Waals surface area contributed by atoms with Crippen LogP contribution in [-0.4, -0.2) is 19.6 Å². The van der Waals surface area contributed by atoms with Gasteiger partial charge in [-0.1, -0.05) is 17.9 Å². The van der Waals surface area contributed by atoms with Crippen LogP contribution in [-0.2, 0) is 11.3 Å². The molecule has 15 heavy (non-hydrogen) atoms. The van der Waals surface area contributed by atoms with E-state index in [-0.39, 0.29) is 5.97 Å². The van der Waals surface area contributed by atoms with Gasteiger partial charge >= 0.3 is 5.97 Å². The topological polar surface area (TPSA) is 38.3 Å². The molecule has 1 aliphatic heterocycles. The Hall–Kier alpha value is -1.79. The van der Waals surface area contributed by atoms with Crippen molar-refractivity contribution in [3.63, 3.8) is 0 Å². The second-order valence-electron chi connectivity index (χ2n) is 3.28. The SMILES string of the molecule is CNCC#Cc1ccc2c(c1)C(=O)OC2. The number of ether oxygens (including phenoxy) is 1. The van der Waals surface area contributed by atoms with Crippen LogP contribution in [0.15, 0.2) is 18.2 Å². The average Bonchev–Trinajstić information content (AvgIpc) is 2.61. The van der Waals surface area contributed by atoms with E-state index in [1.807, 2.05) is 19.2 Å². The van der Waals surface area contributed by atoms with E-state index in [4.69, 9.17) is 4.74 Å². The highest BCUT2D eigenvalue weighted by Crippen LogP contribution is 2.20. The van der Waals surface area contributed by atoms with Crippen molar-refractivity contribution in [2.75, 3.05) is 13.6 Å². The molecule has 2 rings (SSSR count). The Bertz CT molecular complexity index is 454. The number of carbonyl (C=O) groups is 1. The molecule has 0 spiro atoms. The fraction of sp³-hybridized carbons (Fsp3) is 0.250. The molecular formula is C12H11NO2. The number of carbonyl (C=O) groups excluding carboxylic acids is 1. The summed E-state index contributed by atoms with van der Waals surface area (Å²) in [5.74, 6) is 5.67. The molecule has 0 atom stereocenters. The van der Waals surface area contributed by atoms with E-state index in [1.54, 1.807) is 6.07 Å². The lowest BCUT2D eigenvalue weighted by Gasteiger charge is -1.94. The highest BCUT2D eigenvalue weighted by molar-refractivity contribution is 5.93. The molecular weight excluding hydrogens is 190 g/mol. The number of hydrogen-bond donors (Lipinski definition) is 1. The van der Waals surface area contributed by atoms with Gasteiger partial charge < -0.3 is 10.1 Å². The molecule has 1 heterocycles. The summed E-state index contributed by atoms with van der Waals surface area (Å²) >= 11 is 0. The predicted octanol–water partition coefficient (Wildman–Crippen LogP) is 0.928. The average molecular weight is 201 g/mol. The number of rotatable bonds is 1. The molecule has 1 N–H and O–H groups in total. The van der Waals surface area contributed by atoms with Crippen LogP contribution in [0.5, 0.6) is 0 Å². The third-order valence-corrected chi connectivity index (χ3v) is 2.19. The quantitative estimate of drug-likeness (QED) is 0.542. The highest BCUT2D eigenvalue weighted by atomic mass is 16.5. The molecule has 0 amide bonds. The number of cyclic esters (lactones) is 1. The zero-order chi connectivity index (χ0) is 10.7. The standard InChI is InChI=1S/C12H11NO2/c1-13-6-2-3-9-4-5-10-8-15-12(14)11(10)7-9/h4-5,7,13H,6,8H2,1H3. The fourth-order valence-corrected chi connectivity index (χ4v) is 1.43. The number of hydrogen-bond acceptors (Lipinski definition) is 3. The summed E-state index contributed by atoms with van der Waals surface area (Å²) in [7, 11) is 1.84. The zero-order valence-corrected chi connectivity index (χ0v) is 8.46. The summed E-state index contributed by atoms with van der Waals surface area (Å²) in [6.45, 7) is 1.03. The highest BCUT2D eigenvalue weighted by Gasteiger charge is 2.20. The first-order chi connectivity index (χ1) is 7.31. The smallest absolute Gasteiger partial charge is 0.338 e. The summed E-state index contributed by atoms with van der Waals surface area (Å²) in [5, 5.41) is 2.93. The molecule has 1 aromatic carbocycles. The van der Waals surface area contributed by atoms with Crippen LogP contribution < -0.4 is 5.32 Å². The summed E-state index contributed by atoms with van der Waals surface area (Å²) < 4.78 is 4.90. The van der Waals surface area contributed by atoms with Crippen molar-refractivity contribution in [3.05, 3.63) is 34.9 Å². The van der Waals surface area contributed by atoms with Gasteiger partial charge in [0.15, 0.2) is 0 Å². The van der Waals surface area contributed by atoms with E-state index >= 15 is 0 Å². The van der Waals surface area contributed by atoms with Crippen LogP contribution in [0.25, 0.3) is 0 Å². The number of fused-ring (bicyclic) bond motifs is 1. The maximum absolute atomic E-state index is 11.3. The summed E-state index contributed by atoms with van der Waals surface area (Å²) in [4.78, 5) is 11.3. The van der Waals surface area contributed by atoms with E-state index < -0.39 is 0 Å². The molecule has 0 saturated heterocycles. The molecule has 0 bridgehead atoms. The van der Waals surface area contributed by atoms with Gasteiger partial charge in [-0.2, -0.15) is 0 Å². The van der Waals surface area contributed by atoms with E-state index in [2.05, 4.69) is 17.2 Å². The normalized spacial score (nSPS) is 12.7. The van der Waals surface area contributed by atoms with Gasteiger partial charge in [-0.25, -0.2) is 4.79 Å². The maximum Gasteiger partial charge on any atom is 0.338 e. The predicted molar refractivity (Wildman–Crippen MR) is 56.4 cm³/mol. The third-order valence-electron chi connectivity index (χ3n) is 2.19. The van der Waals surface area contributed by atoms with Gasteiger partial charge in [0.2, 0.25) is 0 Å². The van der Waals surface area contributed by atoms with Crippen LogP contribution >= 0.6 is 0 Å². The Morgan fingerprint density at radius 2 is 2.40 bits per heavy atom. The molecule has 76 valence electrons. The van der Waals surface area contributed by atoms with Crippen molar-refractivity contribution in [2.24, 2.45) is 0 Å². The lowest BCUT2D eigenvalue weighted by atomic mass is 10.1. The van der Waals surface area contributed by atoms with Gasteiger partial charge in [0.05, 0.1) is 12.1 Å². The van der Waals surface area contributed by atoms with Crippen LogP contribution in [0, 0.1) is 11.8 Å². The lowest BCUT2D eigenvalue weighted by molar-refractivity contribution is 0.0535. The molecule has 0 saturated carbocycles. The molecule has 3 heteroatoms. The monoisotopic (exact) mass is 201 g/mol. The first-order valence-electron chi connectivity index (χ1n) is 4.75. The molecule has 1 aliphatic rings. The van der Waals surface area contributed by atoms with Crippen molar-refractivity contribution >= 4 is 5.97 Å². The first-order valence-corrected chi connectivity index (χ1v) is 4.75. The van der Waals surface area contributed by atoms with Gasteiger partial charge in [-0.15, -0.1) is 0 Å². The Morgan fingerprint density at radius 3 is 3.20 bits per heavy atom. The zero-order valence-electron chi connectivity index (χ0n) is 8.46. The van der Waals surface area contributed by atoms with Crippen LogP contribution in [0.1, 0.15) is 21.5 Å². The van der Waals surface area contributed by atoms with Gasteiger partial charge in [0, 0.05) is 11.1 Å². The number of nitrogens with one attached hydrogen (secondary N) is 1. The van der Waals surface area contributed by atoms with Crippen molar-refractivity contribution in [3.8, 4) is 11.8 Å². The Kier molecular flexibility index (Phi) is 2.70. The molecule has 1 aromatic rings. The van der Waals surface area contributed by atoms with E-state index in [0.29, 0.717) is 18.7 Å². The molecule has 0 aromatic heterocycles. The van der Waals surface area contributed by atoms with E-state index in [9.17, 15) is 4.79 Å². The van der Waals surface area contributed by atoms with Crippen LogP contribution in [0.2, 0.25) is 0 Å². The van der Waals surface area contributed by atoms with Crippen molar-refractivity contribution in [1.82, 2.24) is 5.32 Å². The van der Waals surface area contributed by atoms with Crippen molar-refractivity contribution < 1.29 is 9.53 Å². The molecule has 0 aliphatic carbocycles. The number of esters is 1. The summed E-state index contributed by atoms with van der Waals surface area (Å²) in [5.41, 5.74) is 2.44. The lowest BCUT2D eigenvalue weighted by Crippen LogP contribution is -2.04. The van der Waals surface area contributed by atoms with Crippen LogP contribution in [0.4, 0.5) is 0 Å². The van der Waals surface area contributed by atoms with E-state index in [1.165, 1.54) is 0 Å². The third kappa shape index (κ3) is 2.00. The molecule has 3 nitrogen and oxygen atoms in total. The van der Waals surface area contributed by atoms with Gasteiger partial charge in [-0.05, 0) is 19.2 Å². The largest absolute Gasteiger partial charge is 0.457 e. The Labute approximate surface area is 88.4 Å². The summed E-state index contributed by atoms with van der Waals surface area (Å²) in [6, 6.07) is 5.58.